The van der Waals surface area contributed by atoms with Gasteiger partial charge in [0.05, 0.1) is 18.7 Å². The van der Waals surface area contributed by atoms with Crippen molar-refractivity contribution in [2.45, 2.75) is 30.4 Å². The van der Waals surface area contributed by atoms with E-state index in [1.165, 1.54) is 23.1 Å². The number of fused-ring (bicyclic) bond motifs is 1. The number of carbonyl (C=O) groups excluding carboxylic acids is 2. The number of rotatable bonds is 7. The second kappa shape index (κ2) is 8.45. The predicted octanol–water partition coefficient (Wildman–Crippen LogP) is 4.46. The molecule has 0 saturated carbocycles. The number of carbonyl (C=O) groups is 2. The zero-order chi connectivity index (χ0) is 19.6. The third kappa shape index (κ3) is 4.53. The molecule has 0 atom stereocenters. The Morgan fingerprint density at radius 3 is 2.89 bits per heavy atom. The number of nitrogens with two attached hydrogens (primary N) is 1. The van der Waals surface area contributed by atoms with Crippen LogP contribution in [-0.2, 0) is 21.7 Å². The van der Waals surface area contributed by atoms with E-state index in [1.54, 1.807) is 6.92 Å². The first-order valence-corrected chi connectivity index (χ1v) is 10.7. The topological polar surface area (TPSA) is 95.4 Å². The Kier molecular flexibility index (Phi) is 6.23. The van der Waals surface area contributed by atoms with E-state index in [2.05, 4.69) is 20.9 Å². The number of nitrogens with zero attached hydrogens (tertiary/aromatic N) is 1. The van der Waals surface area contributed by atoms with Crippen molar-refractivity contribution < 1.29 is 18.7 Å². The number of hydrogen-bond donors (Lipinski definition) is 1. The fourth-order valence-electron chi connectivity index (χ4n) is 2.54. The molecule has 3 aromatic rings. The van der Waals surface area contributed by atoms with E-state index in [0.717, 1.165) is 30.3 Å². The lowest BCUT2D eigenvalue weighted by Crippen LogP contribution is -2.13. The van der Waals surface area contributed by atoms with Crippen LogP contribution in [0, 0.1) is 6.92 Å². The summed E-state index contributed by atoms with van der Waals surface area (Å²) in [6.45, 7) is 3.88. The Morgan fingerprint density at radius 1 is 1.41 bits per heavy atom. The molecule has 0 fully saturated rings. The Bertz CT molecular complexity index is 1010. The number of esters is 1. The van der Waals surface area contributed by atoms with Crippen LogP contribution < -0.4 is 5.73 Å². The zero-order valence-electron chi connectivity index (χ0n) is 14.7. The number of ether oxygens (including phenoxy) is 1. The molecule has 2 aromatic heterocycles. The minimum absolute atomic E-state index is 0.180. The second-order valence-corrected chi connectivity index (χ2v) is 8.91. The van der Waals surface area contributed by atoms with Gasteiger partial charge in [0.25, 0.3) is 0 Å². The number of thiazole rings is 1. The van der Waals surface area contributed by atoms with E-state index in [9.17, 15) is 9.59 Å². The van der Waals surface area contributed by atoms with Crippen molar-refractivity contribution >= 4 is 61.9 Å². The molecule has 9 heteroatoms. The molecule has 2 N–H and O–H groups in total. The molecule has 0 radical (unpaired) electrons. The van der Waals surface area contributed by atoms with Gasteiger partial charge in [0, 0.05) is 26.1 Å². The van der Waals surface area contributed by atoms with Crippen LogP contribution in [0.1, 0.15) is 33.6 Å². The number of aryl methyl sites for hydroxylation is 1. The molecule has 1 amide bonds. The molecule has 0 bridgehead atoms. The maximum absolute atomic E-state index is 12.3. The highest BCUT2D eigenvalue weighted by Crippen LogP contribution is 2.36. The van der Waals surface area contributed by atoms with Crippen LogP contribution in [0.3, 0.4) is 0 Å². The summed E-state index contributed by atoms with van der Waals surface area (Å²) in [5, 5.41) is 0.852. The number of primary amides is 1. The Morgan fingerprint density at radius 2 is 2.19 bits per heavy atom. The van der Waals surface area contributed by atoms with Gasteiger partial charge in [-0.1, -0.05) is 27.7 Å². The summed E-state index contributed by atoms with van der Waals surface area (Å²) in [5.41, 5.74) is 7.46. The number of thioether (sulfide) groups is 1. The molecule has 2 heterocycles. The highest BCUT2D eigenvalue weighted by Gasteiger charge is 2.22. The molecule has 6 nitrogen and oxygen atoms in total. The van der Waals surface area contributed by atoms with E-state index in [1.807, 2.05) is 25.1 Å². The largest absolute Gasteiger partial charge is 0.460 e. The van der Waals surface area contributed by atoms with Crippen molar-refractivity contribution in [2.75, 3.05) is 6.61 Å². The Balaban J connectivity index is 1.91. The normalized spacial score (nSPS) is 11.1. The number of hydrogen-bond acceptors (Lipinski definition) is 7. The standard InChI is InChI=1S/C18H17BrN2O4S2/c1-3-24-17(23)16-12(11-6-10(19)4-5-13(11)25-16)8-26-18-21-9(2)14(27-18)7-15(20)22/h4-6H,3,7-8H2,1-2H3,(H2,20,22). The van der Waals surface area contributed by atoms with Crippen LogP contribution in [0.5, 0.6) is 0 Å². The van der Waals surface area contributed by atoms with E-state index in [4.69, 9.17) is 14.9 Å². The molecule has 0 aliphatic carbocycles. The van der Waals surface area contributed by atoms with Gasteiger partial charge in [-0.25, -0.2) is 9.78 Å². The van der Waals surface area contributed by atoms with E-state index in [-0.39, 0.29) is 24.7 Å². The number of furan rings is 1. The fraction of sp³-hybridized carbons (Fsp3) is 0.278. The summed E-state index contributed by atoms with van der Waals surface area (Å²) in [6, 6.07) is 5.59. The number of benzene rings is 1. The summed E-state index contributed by atoms with van der Waals surface area (Å²) in [5.74, 6) is -0.164. The van der Waals surface area contributed by atoms with Gasteiger partial charge in [-0.05, 0) is 32.0 Å². The molecule has 27 heavy (non-hydrogen) atoms. The highest BCUT2D eigenvalue weighted by atomic mass is 79.9. The van der Waals surface area contributed by atoms with E-state index in [0.29, 0.717) is 11.3 Å². The highest BCUT2D eigenvalue weighted by molar-refractivity contribution is 9.10. The Labute approximate surface area is 172 Å². The molecular formula is C18H17BrN2O4S2. The lowest BCUT2D eigenvalue weighted by atomic mass is 10.1. The molecule has 1 aromatic carbocycles. The van der Waals surface area contributed by atoms with Crippen molar-refractivity contribution in [2.24, 2.45) is 5.73 Å². The first-order valence-electron chi connectivity index (χ1n) is 8.14. The van der Waals surface area contributed by atoms with Gasteiger partial charge in [0.1, 0.15) is 5.58 Å². The predicted molar refractivity (Wildman–Crippen MR) is 109 cm³/mol. The molecule has 142 valence electrons. The van der Waals surface area contributed by atoms with Gasteiger partial charge in [0.2, 0.25) is 11.7 Å². The minimum Gasteiger partial charge on any atom is -0.460 e. The molecule has 0 aliphatic heterocycles. The zero-order valence-corrected chi connectivity index (χ0v) is 17.9. The average molecular weight is 469 g/mol. The molecule has 0 spiro atoms. The van der Waals surface area contributed by atoms with Gasteiger partial charge >= 0.3 is 5.97 Å². The number of amides is 1. The van der Waals surface area contributed by atoms with Crippen LogP contribution in [0.25, 0.3) is 11.0 Å². The van der Waals surface area contributed by atoms with Crippen LogP contribution in [-0.4, -0.2) is 23.5 Å². The van der Waals surface area contributed by atoms with Crippen LogP contribution in [0.4, 0.5) is 0 Å². The van der Waals surface area contributed by atoms with Crippen molar-refractivity contribution in [3.8, 4) is 0 Å². The summed E-state index contributed by atoms with van der Waals surface area (Å²) in [7, 11) is 0. The SMILES string of the molecule is CCOC(=O)c1oc2ccc(Br)cc2c1CSc1nc(C)c(CC(N)=O)s1. The summed E-state index contributed by atoms with van der Waals surface area (Å²) < 4.78 is 12.6. The maximum atomic E-state index is 12.3. The molecule has 3 rings (SSSR count). The quantitative estimate of drug-likeness (QED) is 0.406. The lowest BCUT2D eigenvalue weighted by Gasteiger charge is -2.02. The average Bonchev–Trinajstić information content (AvgIpc) is 3.13. The van der Waals surface area contributed by atoms with Gasteiger partial charge in [0.15, 0.2) is 4.34 Å². The first kappa shape index (κ1) is 19.9. The Hall–Kier alpha value is -1.84. The third-order valence-electron chi connectivity index (χ3n) is 3.76. The summed E-state index contributed by atoms with van der Waals surface area (Å²) >= 11 is 6.38. The number of aromatic nitrogens is 1. The molecular weight excluding hydrogens is 452 g/mol. The molecule has 0 saturated heterocycles. The van der Waals surface area contributed by atoms with Crippen molar-refractivity contribution in [1.29, 1.82) is 0 Å². The number of halogens is 1. The van der Waals surface area contributed by atoms with Crippen molar-refractivity contribution in [3.05, 3.63) is 44.6 Å². The summed E-state index contributed by atoms with van der Waals surface area (Å²) in [6.07, 6.45) is 0.180. The molecule has 0 unspecified atom stereocenters. The minimum atomic E-state index is -0.481. The maximum Gasteiger partial charge on any atom is 0.374 e. The first-order chi connectivity index (χ1) is 12.9. The smallest absolute Gasteiger partial charge is 0.374 e. The van der Waals surface area contributed by atoms with Gasteiger partial charge in [-0.3, -0.25) is 4.79 Å². The van der Waals surface area contributed by atoms with Gasteiger partial charge < -0.3 is 14.9 Å². The van der Waals surface area contributed by atoms with E-state index >= 15 is 0 Å². The molecule has 0 aliphatic rings. The van der Waals surface area contributed by atoms with Crippen LogP contribution in [0.15, 0.2) is 31.4 Å². The monoisotopic (exact) mass is 468 g/mol. The van der Waals surface area contributed by atoms with Crippen LogP contribution >= 0.6 is 39.0 Å². The lowest BCUT2D eigenvalue weighted by molar-refractivity contribution is -0.117. The van der Waals surface area contributed by atoms with Crippen molar-refractivity contribution in [1.82, 2.24) is 4.98 Å². The summed E-state index contributed by atoms with van der Waals surface area (Å²) in [4.78, 5) is 28.8. The third-order valence-corrected chi connectivity index (χ3v) is 6.58. The van der Waals surface area contributed by atoms with Crippen LogP contribution in [0.2, 0.25) is 0 Å². The van der Waals surface area contributed by atoms with Gasteiger partial charge in [-0.2, -0.15) is 0 Å². The van der Waals surface area contributed by atoms with Gasteiger partial charge in [-0.15, -0.1) is 11.3 Å². The van der Waals surface area contributed by atoms with E-state index < -0.39 is 5.97 Å². The van der Waals surface area contributed by atoms with Crippen molar-refractivity contribution in [3.63, 3.8) is 0 Å². The second-order valence-electron chi connectivity index (χ2n) is 5.69. The fourth-order valence-corrected chi connectivity index (χ4v) is 5.18.